The van der Waals surface area contributed by atoms with Crippen molar-refractivity contribution in [3.8, 4) is 11.5 Å². The molecular weight excluding hydrogens is 358 g/mol. The van der Waals surface area contributed by atoms with Crippen LogP contribution in [-0.2, 0) is 9.53 Å². The predicted molar refractivity (Wildman–Crippen MR) is 99.1 cm³/mol. The first-order valence-corrected chi connectivity index (χ1v) is 8.40. The van der Waals surface area contributed by atoms with Gasteiger partial charge in [-0.05, 0) is 56.3 Å². The Bertz CT molecular complexity index is 776. The van der Waals surface area contributed by atoms with E-state index in [1.807, 2.05) is 0 Å². The summed E-state index contributed by atoms with van der Waals surface area (Å²) in [6, 6.07) is 11.4. The van der Waals surface area contributed by atoms with E-state index in [0.717, 1.165) is 0 Å². The number of hydrogen-bond acceptors (Lipinski definition) is 5. The van der Waals surface area contributed by atoms with Gasteiger partial charge in [-0.3, -0.25) is 4.79 Å². The highest BCUT2D eigenvalue weighted by atomic mass is 35.5. The zero-order chi connectivity index (χ0) is 19.1. The summed E-state index contributed by atoms with van der Waals surface area (Å²) in [5, 5.41) is 3.16. The number of anilines is 1. The average molecular weight is 378 g/mol. The summed E-state index contributed by atoms with van der Waals surface area (Å²) in [7, 11) is 1.52. The molecule has 1 N–H and O–H groups in total. The quantitative estimate of drug-likeness (QED) is 0.740. The van der Waals surface area contributed by atoms with Gasteiger partial charge in [0.25, 0.3) is 5.91 Å². The zero-order valence-electron chi connectivity index (χ0n) is 14.7. The lowest BCUT2D eigenvalue weighted by Crippen LogP contribution is -2.26. The second kappa shape index (κ2) is 9.10. The summed E-state index contributed by atoms with van der Waals surface area (Å²) in [6.45, 7) is 3.63. The van der Waals surface area contributed by atoms with Crippen LogP contribution in [0.1, 0.15) is 24.2 Å². The van der Waals surface area contributed by atoms with Crippen molar-refractivity contribution < 1.29 is 23.8 Å². The van der Waals surface area contributed by atoms with E-state index >= 15 is 0 Å². The summed E-state index contributed by atoms with van der Waals surface area (Å²) in [5.41, 5.74) is 0.991. The minimum absolute atomic E-state index is 0.293. The third-order valence-electron chi connectivity index (χ3n) is 3.46. The highest BCUT2D eigenvalue weighted by molar-refractivity contribution is 6.32. The van der Waals surface area contributed by atoms with Crippen molar-refractivity contribution >= 4 is 29.2 Å². The van der Waals surface area contributed by atoms with Crippen molar-refractivity contribution in [3.63, 3.8) is 0 Å². The molecule has 0 aromatic heterocycles. The smallest absolute Gasteiger partial charge is 0.347 e. The molecule has 0 saturated heterocycles. The number of nitrogens with one attached hydrogen (secondary N) is 1. The Morgan fingerprint density at radius 3 is 2.42 bits per heavy atom. The van der Waals surface area contributed by atoms with Gasteiger partial charge in [0.05, 0.1) is 18.7 Å². The van der Waals surface area contributed by atoms with Gasteiger partial charge in [0, 0.05) is 11.3 Å². The lowest BCUT2D eigenvalue weighted by Gasteiger charge is -2.13. The minimum atomic E-state index is -0.726. The number of methoxy groups -OCH3 is 1. The van der Waals surface area contributed by atoms with E-state index in [9.17, 15) is 9.59 Å². The van der Waals surface area contributed by atoms with Crippen molar-refractivity contribution in [1.82, 2.24) is 0 Å². The highest BCUT2D eigenvalue weighted by Crippen LogP contribution is 2.27. The van der Waals surface area contributed by atoms with E-state index in [4.69, 9.17) is 25.8 Å². The molecule has 1 amide bonds. The van der Waals surface area contributed by atoms with Gasteiger partial charge in [0.2, 0.25) is 0 Å². The van der Waals surface area contributed by atoms with Gasteiger partial charge in [-0.2, -0.15) is 0 Å². The van der Waals surface area contributed by atoms with Gasteiger partial charge in [0.1, 0.15) is 11.5 Å². The molecule has 138 valence electrons. The first-order chi connectivity index (χ1) is 12.4. The normalized spacial score (nSPS) is 11.4. The molecule has 0 aliphatic rings. The minimum Gasteiger partial charge on any atom is -0.495 e. The molecule has 1 unspecified atom stereocenters. The van der Waals surface area contributed by atoms with Crippen molar-refractivity contribution in [2.45, 2.75) is 20.0 Å². The maximum absolute atomic E-state index is 12.3. The molecule has 2 aromatic rings. The Morgan fingerprint density at radius 2 is 1.85 bits per heavy atom. The Labute approximate surface area is 157 Å². The Hall–Kier alpha value is -2.73. The summed E-state index contributed by atoms with van der Waals surface area (Å²) >= 11 is 6.05. The standard InChI is InChI=1S/C19H20ClNO5/c1-4-25-19(23)12(2)26-15-8-5-13(6-9-15)18(22)21-14-7-10-17(24-3)16(20)11-14/h5-12H,4H2,1-3H3,(H,21,22). The molecule has 0 heterocycles. The van der Waals surface area contributed by atoms with E-state index in [1.54, 1.807) is 56.3 Å². The first kappa shape index (κ1) is 19.6. The van der Waals surface area contributed by atoms with E-state index in [1.165, 1.54) is 7.11 Å². The number of halogens is 1. The summed E-state index contributed by atoms with van der Waals surface area (Å²) in [6.07, 6.45) is -0.726. The molecule has 7 heteroatoms. The number of esters is 1. The van der Waals surface area contributed by atoms with Gasteiger partial charge >= 0.3 is 5.97 Å². The third-order valence-corrected chi connectivity index (χ3v) is 3.75. The van der Waals surface area contributed by atoms with Crippen molar-refractivity contribution in [2.75, 3.05) is 19.0 Å². The maximum Gasteiger partial charge on any atom is 0.347 e. The fourth-order valence-corrected chi connectivity index (χ4v) is 2.40. The Balaban J connectivity index is 2.00. The van der Waals surface area contributed by atoms with Gasteiger partial charge in [-0.15, -0.1) is 0 Å². The Morgan fingerprint density at radius 1 is 1.15 bits per heavy atom. The number of carbonyl (C=O) groups is 2. The number of amides is 1. The zero-order valence-corrected chi connectivity index (χ0v) is 15.5. The summed E-state index contributed by atoms with van der Waals surface area (Å²) in [4.78, 5) is 23.9. The molecule has 0 aliphatic heterocycles. The van der Waals surface area contributed by atoms with Crippen LogP contribution in [0.3, 0.4) is 0 Å². The monoisotopic (exact) mass is 377 g/mol. The van der Waals surface area contributed by atoms with Crippen LogP contribution in [0.4, 0.5) is 5.69 Å². The van der Waals surface area contributed by atoms with Crippen LogP contribution in [0.15, 0.2) is 42.5 Å². The molecule has 1 atom stereocenters. The molecule has 0 aliphatic carbocycles. The summed E-state index contributed by atoms with van der Waals surface area (Å²) < 4.78 is 15.4. The van der Waals surface area contributed by atoms with Crippen molar-refractivity contribution in [3.05, 3.63) is 53.1 Å². The number of rotatable bonds is 7. The third kappa shape index (κ3) is 5.13. The van der Waals surface area contributed by atoms with Crippen LogP contribution < -0.4 is 14.8 Å². The van der Waals surface area contributed by atoms with Crippen molar-refractivity contribution in [1.29, 1.82) is 0 Å². The van der Waals surface area contributed by atoms with E-state index in [2.05, 4.69) is 5.32 Å². The molecule has 0 radical (unpaired) electrons. The second-order valence-corrected chi connectivity index (χ2v) is 5.75. The molecule has 0 saturated carbocycles. The predicted octanol–water partition coefficient (Wildman–Crippen LogP) is 3.93. The fraction of sp³-hybridized carbons (Fsp3) is 0.263. The van der Waals surface area contributed by atoms with Gasteiger partial charge in [-0.25, -0.2) is 4.79 Å². The van der Waals surface area contributed by atoms with Crippen LogP contribution >= 0.6 is 11.6 Å². The molecule has 6 nitrogen and oxygen atoms in total. The van der Waals surface area contributed by atoms with Crippen molar-refractivity contribution in [2.24, 2.45) is 0 Å². The maximum atomic E-state index is 12.3. The number of hydrogen-bond donors (Lipinski definition) is 1. The largest absolute Gasteiger partial charge is 0.495 e. The van der Waals surface area contributed by atoms with E-state index < -0.39 is 12.1 Å². The van der Waals surface area contributed by atoms with Crippen LogP contribution in [0.2, 0.25) is 5.02 Å². The molecular formula is C19H20ClNO5. The molecule has 2 aromatic carbocycles. The Kier molecular flexibility index (Phi) is 6.86. The number of benzene rings is 2. The fourth-order valence-electron chi connectivity index (χ4n) is 2.14. The molecule has 0 fully saturated rings. The lowest BCUT2D eigenvalue weighted by atomic mass is 10.2. The number of ether oxygens (including phenoxy) is 3. The van der Waals surface area contributed by atoms with Crippen LogP contribution in [0.25, 0.3) is 0 Å². The first-order valence-electron chi connectivity index (χ1n) is 8.02. The van der Waals surface area contributed by atoms with E-state index in [-0.39, 0.29) is 5.91 Å². The SMILES string of the molecule is CCOC(=O)C(C)Oc1ccc(C(=O)Nc2ccc(OC)c(Cl)c2)cc1. The van der Waals surface area contributed by atoms with Gasteiger partial charge in [-0.1, -0.05) is 11.6 Å². The molecule has 0 bridgehead atoms. The van der Waals surface area contributed by atoms with Crippen LogP contribution in [-0.4, -0.2) is 31.7 Å². The highest BCUT2D eigenvalue weighted by Gasteiger charge is 2.16. The molecule has 0 spiro atoms. The van der Waals surface area contributed by atoms with Crippen LogP contribution in [0.5, 0.6) is 11.5 Å². The average Bonchev–Trinajstić information content (AvgIpc) is 2.62. The second-order valence-electron chi connectivity index (χ2n) is 5.34. The van der Waals surface area contributed by atoms with Gasteiger partial charge < -0.3 is 19.5 Å². The molecule has 26 heavy (non-hydrogen) atoms. The summed E-state index contributed by atoms with van der Waals surface area (Å²) in [5.74, 6) is 0.262. The lowest BCUT2D eigenvalue weighted by molar-refractivity contribution is -0.150. The van der Waals surface area contributed by atoms with Crippen LogP contribution in [0, 0.1) is 0 Å². The van der Waals surface area contributed by atoms with E-state index in [0.29, 0.717) is 34.4 Å². The topological polar surface area (TPSA) is 73.9 Å². The van der Waals surface area contributed by atoms with Gasteiger partial charge in [0.15, 0.2) is 6.10 Å². The number of carbonyl (C=O) groups excluding carboxylic acids is 2. The molecule has 2 rings (SSSR count).